The van der Waals surface area contributed by atoms with Gasteiger partial charge < -0.3 is 14.7 Å². The average Bonchev–Trinajstić information content (AvgIpc) is 3.13. The molecule has 0 spiro atoms. The summed E-state index contributed by atoms with van der Waals surface area (Å²) >= 11 is 0. The lowest BCUT2D eigenvalue weighted by atomic mass is 10.0. The smallest absolute Gasteiger partial charge is 0.282 e. The highest BCUT2D eigenvalue weighted by Crippen LogP contribution is 2.40. The van der Waals surface area contributed by atoms with Crippen molar-refractivity contribution in [1.29, 1.82) is 0 Å². The Morgan fingerprint density at radius 3 is 2.32 bits per heavy atom. The molecule has 174 valence electrons. The molecule has 0 radical (unpaired) electrons. The van der Waals surface area contributed by atoms with Gasteiger partial charge in [-0.15, -0.1) is 0 Å². The molecule has 2 amide bonds. The molecule has 5 rings (SSSR count). The summed E-state index contributed by atoms with van der Waals surface area (Å²) < 4.78 is 5.57. The molecular weight excluding hydrogens is 430 g/mol. The maximum absolute atomic E-state index is 14.0. The fourth-order valence-corrected chi connectivity index (χ4v) is 4.86. The molecule has 1 saturated heterocycles. The van der Waals surface area contributed by atoms with Crippen LogP contribution in [0.5, 0.6) is 5.75 Å². The van der Waals surface area contributed by atoms with E-state index in [4.69, 9.17) is 4.74 Å². The molecule has 2 aliphatic rings. The van der Waals surface area contributed by atoms with Gasteiger partial charge in [0.1, 0.15) is 11.4 Å². The van der Waals surface area contributed by atoms with Crippen molar-refractivity contribution in [2.45, 2.75) is 0 Å². The first kappa shape index (κ1) is 22.1. The second kappa shape index (κ2) is 9.29. The number of imide groups is 1. The third-order valence-corrected chi connectivity index (χ3v) is 6.55. The largest absolute Gasteiger partial charge is 0.496 e. The number of fused-ring (bicyclic) bond motifs is 1. The summed E-state index contributed by atoms with van der Waals surface area (Å²) in [5.41, 5.74) is 1.96. The SMILES string of the molecule is COc1ccccc1C1=C(N2CCN(CCO)CC2)C(=O)N(c2cccc3ccccc23)C1=O. The van der Waals surface area contributed by atoms with Crippen molar-refractivity contribution in [2.24, 2.45) is 0 Å². The summed E-state index contributed by atoms with van der Waals surface area (Å²) in [7, 11) is 1.57. The predicted octanol–water partition coefficient (Wildman–Crippen LogP) is 2.74. The van der Waals surface area contributed by atoms with Gasteiger partial charge in [-0.2, -0.15) is 0 Å². The van der Waals surface area contributed by atoms with Gasteiger partial charge in [0, 0.05) is 43.7 Å². The van der Waals surface area contributed by atoms with Crippen molar-refractivity contribution in [3.8, 4) is 5.75 Å². The molecule has 34 heavy (non-hydrogen) atoms. The van der Waals surface area contributed by atoms with Gasteiger partial charge in [0.2, 0.25) is 0 Å². The zero-order valence-corrected chi connectivity index (χ0v) is 19.1. The third kappa shape index (κ3) is 3.73. The van der Waals surface area contributed by atoms with Crippen LogP contribution in [0, 0.1) is 0 Å². The van der Waals surface area contributed by atoms with Crippen molar-refractivity contribution in [3.05, 3.63) is 78.0 Å². The molecule has 0 saturated carbocycles. The summed E-state index contributed by atoms with van der Waals surface area (Å²) in [5, 5.41) is 11.1. The number of rotatable bonds is 6. The summed E-state index contributed by atoms with van der Waals surface area (Å²) in [6.07, 6.45) is 0. The highest BCUT2D eigenvalue weighted by atomic mass is 16.5. The monoisotopic (exact) mass is 457 g/mol. The molecule has 0 aliphatic carbocycles. The Hall–Kier alpha value is -3.68. The second-order valence-corrected chi connectivity index (χ2v) is 8.42. The first-order chi connectivity index (χ1) is 16.6. The maximum Gasteiger partial charge on any atom is 0.282 e. The topological polar surface area (TPSA) is 73.3 Å². The third-order valence-electron chi connectivity index (χ3n) is 6.55. The van der Waals surface area contributed by atoms with Crippen LogP contribution in [0.15, 0.2) is 72.4 Å². The molecular formula is C27H27N3O4. The fraction of sp³-hybridized carbons (Fsp3) is 0.259. The Kier molecular flexibility index (Phi) is 6.04. The van der Waals surface area contributed by atoms with Crippen LogP contribution >= 0.6 is 0 Å². The zero-order valence-electron chi connectivity index (χ0n) is 19.1. The molecule has 0 aromatic heterocycles. The molecule has 0 bridgehead atoms. The van der Waals surface area contributed by atoms with Crippen LogP contribution in [0.1, 0.15) is 5.56 Å². The molecule has 2 aliphatic heterocycles. The average molecular weight is 458 g/mol. The Bertz CT molecular complexity index is 1270. The van der Waals surface area contributed by atoms with Crippen LogP contribution in [-0.2, 0) is 9.59 Å². The molecule has 3 aromatic rings. The Morgan fingerprint density at radius 2 is 1.56 bits per heavy atom. The van der Waals surface area contributed by atoms with Crippen LogP contribution in [-0.4, -0.2) is 73.2 Å². The van der Waals surface area contributed by atoms with Gasteiger partial charge in [-0.25, -0.2) is 4.90 Å². The number of hydrogen-bond donors (Lipinski definition) is 1. The number of carbonyl (C=O) groups is 2. The number of β-amino-alcohol motifs (C(OH)–C–C–N with tert-alkyl or cyclic N) is 1. The normalized spacial score (nSPS) is 17.2. The van der Waals surface area contributed by atoms with Gasteiger partial charge in [-0.1, -0.05) is 54.6 Å². The number of carbonyl (C=O) groups excluding carboxylic acids is 2. The van der Waals surface area contributed by atoms with Crippen molar-refractivity contribution in [1.82, 2.24) is 9.80 Å². The molecule has 1 N–H and O–H groups in total. The maximum atomic E-state index is 14.0. The van der Waals surface area contributed by atoms with E-state index in [1.165, 1.54) is 4.90 Å². The summed E-state index contributed by atoms with van der Waals surface area (Å²) in [6.45, 7) is 3.30. The molecule has 2 heterocycles. The first-order valence-electron chi connectivity index (χ1n) is 11.5. The highest BCUT2D eigenvalue weighted by molar-refractivity contribution is 6.46. The van der Waals surface area contributed by atoms with Gasteiger partial charge in [0.05, 0.1) is 25.0 Å². The van der Waals surface area contributed by atoms with Crippen molar-refractivity contribution < 1.29 is 19.4 Å². The van der Waals surface area contributed by atoms with E-state index in [2.05, 4.69) is 4.90 Å². The minimum absolute atomic E-state index is 0.0986. The number of benzene rings is 3. The lowest BCUT2D eigenvalue weighted by Gasteiger charge is -2.36. The number of aliphatic hydroxyl groups excluding tert-OH is 1. The molecule has 0 atom stereocenters. The zero-order chi connectivity index (χ0) is 23.7. The van der Waals surface area contributed by atoms with Gasteiger partial charge in [0.15, 0.2) is 0 Å². The number of amides is 2. The van der Waals surface area contributed by atoms with E-state index in [1.807, 2.05) is 65.6 Å². The Morgan fingerprint density at radius 1 is 0.853 bits per heavy atom. The molecule has 0 unspecified atom stereocenters. The first-order valence-corrected chi connectivity index (χ1v) is 11.5. The summed E-state index contributed by atoms with van der Waals surface area (Å²) in [6, 6.07) is 20.7. The minimum atomic E-state index is -0.348. The number of methoxy groups -OCH3 is 1. The Balaban J connectivity index is 1.62. The van der Waals surface area contributed by atoms with E-state index in [-0.39, 0.29) is 18.4 Å². The minimum Gasteiger partial charge on any atom is -0.496 e. The quantitative estimate of drug-likeness (QED) is 0.574. The van der Waals surface area contributed by atoms with E-state index in [0.717, 1.165) is 10.8 Å². The number of anilines is 1. The van der Waals surface area contributed by atoms with E-state index >= 15 is 0 Å². The lowest BCUT2D eigenvalue weighted by molar-refractivity contribution is -0.120. The van der Waals surface area contributed by atoms with Crippen LogP contribution in [0.3, 0.4) is 0 Å². The van der Waals surface area contributed by atoms with E-state index in [1.54, 1.807) is 13.2 Å². The number of piperazine rings is 1. The van der Waals surface area contributed by atoms with Crippen LogP contribution in [0.2, 0.25) is 0 Å². The number of nitrogens with zero attached hydrogens (tertiary/aromatic N) is 3. The molecule has 7 nitrogen and oxygen atoms in total. The highest BCUT2D eigenvalue weighted by Gasteiger charge is 2.44. The van der Waals surface area contributed by atoms with Crippen LogP contribution in [0.4, 0.5) is 5.69 Å². The predicted molar refractivity (Wildman–Crippen MR) is 131 cm³/mol. The molecule has 7 heteroatoms. The Labute approximate surface area is 198 Å². The van der Waals surface area contributed by atoms with E-state index in [0.29, 0.717) is 61.0 Å². The van der Waals surface area contributed by atoms with E-state index in [9.17, 15) is 14.7 Å². The molecule has 3 aromatic carbocycles. The number of ether oxygens (including phenoxy) is 1. The standard InChI is InChI=1S/C27H27N3O4/c1-34-23-12-5-4-10-21(23)24-25(29-15-13-28(14-16-29)17-18-31)27(33)30(26(24)32)22-11-6-8-19-7-2-3-9-20(19)22/h2-12,31H,13-18H2,1H3. The van der Waals surface area contributed by atoms with Gasteiger partial charge >= 0.3 is 0 Å². The van der Waals surface area contributed by atoms with Gasteiger partial charge in [0.25, 0.3) is 11.8 Å². The summed E-state index contributed by atoms with van der Waals surface area (Å²) in [4.78, 5) is 33.4. The van der Waals surface area contributed by atoms with Crippen molar-refractivity contribution in [3.63, 3.8) is 0 Å². The van der Waals surface area contributed by atoms with Crippen molar-refractivity contribution >= 4 is 33.8 Å². The van der Waals surface area contributed by atoms with Crippen LogP contribution < -0.4 is 9.64 Å². The number of hydrogen-bond acceptors (Lipinski definition) is 6. The van der Waals surface area contributed by atoms with Crippen LogP contribution in [0.25, 0.3) is 16.3 Å². The van der Waals surface area contributed by atoms with Gasteiger partial charge in [-0.05, 0) is 17.5 Å². The lowest BCUT2D eigenvalue weighted by Crippen LogP contribution is -2.48. The summed E-state index contributed by atoms with van der Waals surface area (Å²) in [5.74, 6) is -0.119. The number of aliphatic hydroxyl groups is 1. The van der Waals surface area contributed by atoms with Crippen molar-refractivity contribution in [2.75, 3.05) is 51.3 Å². The fourth-order valence-electron chi connectivity index (χ4n) is 4.86. The molecule has 1 fully saturated rings. The number of para-hydroxylation sites is 1. The van der Waals surface area contributed by atoms with Gasteiger partial charge in [-0.3, -0.25) is 14.5 Å². The van der Waals surface area contributed by atoms with E-state index < -0.39 is 0 Å². The second-order valence-electron chi connectivity index (χ2n) is 8.42.